The van der Waals surface area contributed by atoms with Crippen LogP contribution < -0.4 is 19.8 Å². The Balaban J connectivity index is 1.79. The average molecular weight is 372 g/mol. The van der Waals surface area contributed by atoms with Crippen molar-refractivity contribution in [3.8, 4) is 28.7 Å². The van der Waals surface area contributed by atoms with Crippen LogP contribution in [0, 0.1) is 0 Å². The van der Waals surface area contributed by atoms with Gasteiger partial charge in [0.15, 0.2) is 35.2 Å². The third-order valence-electron chi connectivity index (χ3n) is 4.36. The topological polar surface area (TPSA) is 119 Å². The average Bonchev–Trinajstić information content (AvgIpc) is 2.67. The van der Waals surface area contributed by atoms with E-state index in [1.165, 1.54) is 31.4 Å². The summed E-state index contributed by atoms with van der Waals surface area (Å²) in [6.45, 7) is -0.370. The summed E-state index contributed by atoms with van der Waals surface area (Å²) in [4.78, 5) is 11.4. The number of hydrogen-bond acceptors (Lipinski definition) is 8. The van der Waals surface area contributed by atoms with Crippen LogP contribution in [0.5, 0.6) is 28.7 Å². The van der Waals surface area contributed by atoms with Crippen LogP contribution in [0.2, 0.25) is 0 Å². The maximum absolute atomic E-state index is 11.4. The standard InChI is InChI=1S/C19H16O8/c1-24-15-6-10(4-11(21)18(15)23)19-16(8-20)25-14-7-12-9(5-13(14)27-19)2-3-17(22)26-12/h2-7,16,19-21,23H,8H2,1H3/t16-,19-/m1/s1. The van der Waals surface area contributed by atoms with Gasteiger partial charge in [0, 0.05) is 23.1 Å². The summed E-state index contributed by atoms with van der Waals surface area (Å²) in [7, 11) is 1.36. The van der Waals surface area contributed by atoms with E-state index in [9.17, 15) is 20.1 Å². The maximum atomic E-state index is 11.4. The molecule has 0 saturated heterocycles. The molecule has 140 valence electrons. The quantitative estimate of drug-likeness (QED) is 0.472. The lowest BCUT2D eigenvalue weighted by Gasteiger charge is -2.33. The first kappa shape index (κ1) is 17.0. The van der Waals surface area contributed by atoms with Crippen molar-refractivity contribution in [2.45, 2.75) is 12.2 Å². The molecular weight excluding hydrogens is 356 g/mol. The molecule has 2 atom stereocenters. The summed E-state index contributed by atoms with van der Waals surface area (Å²) in [6, 6.07) is 8.91. The van der Waals surface area contributed by atoms with Crippen LogP contribution in [0.3, 0.4) is 0 Å². The second-order valence-electron chi connectivity index (χ2n) is 6.06. The van der Waals surface area contributed by atoms with Crippen molar-refractivity contribution in [3.05, 3.63) is 52.4 Å². The molecule has 0 saturated carbocycles. The van der Waals surface area contributed by atoms with Gasteiger partial charge in [-0.3, -0.25) is 0 Å². The van der Waals surface area contributed by atoms with Gasteiger partial charge in [0.1, 0.15) is 5.58 Å². The Morgan fingerprint density at radius 2 is 1.85 bits per heavy atom. The van der Waals surface area contributed by atoms with E-state index in [1.54, 1.807) is 12.1 Å². The Morgan fingerprint density at radius 1 is 1.07 bits per heavy atom. The van der Waals surface area contributed by atoms with Crippen molar-refractivity contribution in [1.29, 1.82) is 0 Å². The molecule has 2 heterocycles. The van der Waals surface area contributed by atoms with E-state index in [0.29, 0.717) is 28.0 Å². The van der Waals surface area contributed by atoms with Gasteiger partial charge in [-0.05, 0) is 24.3 Å². The molecule has 1 aliphatic heterocycles. The summed E-state index contributed by atoms with van der Waals surface area (Å²) in [6.07, 6.45) is -1.56. The number of fused-ring (bicyclic) bond motifs is 2. The van der Waals surface area contributed by atoms with Gasteiger partial charge in [-0.15, -0.1) is 0 Å². The molecule has 0 aliphatic carbocycles. The van der Waals surface area contributed by atoms with Crippen LogP contribution in [-0.4, -0.2) is 35.1 Å². The molecule has 1 aromatic heterocycles. The SMILES string of the molecule is COc1cc([C@H]2Oc3cc4ccc(=O)oc4cc3O[C@@H]2CO)cc(O)c1O. The van der Waals surface area contributed by atoms with Crippen molar-refractivity contribution < 1.29 is 33.9 Å². The molecule has 0 bridgehead atoms. The number of ether oxygens (including phenoxy) is 3. The molecule has 27 heavy (non-hydrogen) atoms. The van der Waals surface area contributed by atoms with Crippen molar-refractivity contribution in [1.82, 2.24) is 0 Å². The molecule has 0 radical (unpaired) electrons. The van der Waals surface area contributed by atoms with Crippen LogP contribution in [0.4, 0.5) is 0 Å². The molecule has 2 aromatic carbocycles. The van der Waals surface area contributed by atoms with Crippen LogP contribution >= 0.6 is 0 Å². The van der Waals surface area contributed by atoms with E-state index >= 15 is 0 Å². The minimum Gasteiger partial charge on any atom is -0.504 e. The fraction of sp³-hybridized carbons (Fsp3) is 0.211. The van der Waals surface area contributed by atoms with Crippen molar-refractivity contribution in [2.24, 2.45) is 0 Å². The predicted octanol–water partition coefficient (Wildman–Crippen LogP) is 2.09. The van der Waals surface area contributed by atoms with Gasteiger partial charge in [-0.2, -0.15) is 0 Å². The molecule has 0 spiro atoms. The molecule has 0 amide bonds. The number of rotatable bonds is 3. The van der Waals surface area contributed by atoms with Crippen LogP contribution in [0.25, 0.3) is 11.0 Å². The zero-order valence-corrected chi connectivity index (χ0v) is 14.2. The van der Waals surface area contributed by atoms with Gasteiger partial charge in [0.05, 0.1) is 13.7 Å². The van der Waals surface area contributed by atoms with Crippen molar-refractivity contribution >= 4 is 11.0 Å². The van der Waals surface area contributed by atoms with E-state index in [2.05, 4.69) is 0 Å². The highest BCUT2D eigenvalue weighted by Crippen LogP contribution is 2.44. The van der Waals surface area contributed by atoms with Gasteiger partial charge in [0.2, 0.25) is 5.75 Å². The van der Waals surface area contributed by atoms with Crippen LogP contribution in [0.15, 0.2) is 45.6 Å². The summed E-state index contributed by atoms with van der Waals surface area (Å²) >= 11 is 0. The minimum atomic E-state index is -0.793. The molecule has 4 rings (SSSR count). The van der Waals surface area contributed by atoms with Gasteiger partial charge in [0.25, 0.3) is 0 Å². The molecule has 3 N–H and O–H groups in total. The smallest absolute Gasteiger partial charge is 0.336 e. The minimum absolute atomic E-state index is 0.0661. The molecule has 0 fully saturated rings. The molecule has 0 unspecified atom stereocenters. The lowest BCUT2D eigenvalue weighted by molar-refractivity contribution is -0.0123. The second kappa shape index (κ2) is 6.40. The first-order valence-corrected chi connectivity index (χ1v) is 8.12. The second-order valence-corrected chi connectivity index (χ2v) is 6.06. The lowest BCUT2D eigenvalue weighted by Crippen LogP contribution is -2.36. The Bertz CT molecular complexity index is 1070. The zero-order valence-electron chi connectivity index (χ0n) is 14.2. The fourth-order valence-corrected chi connectivity index (χ4v) is 3.05. The normalized spacial score (nSPS) is 18.4. The number of hydrogen-bond donors (Lipinski definition) is 3. The first-order chi connectivity index (χ1) is 13.0. The van der Waals surface area contributed by atoms with Crippen molar-refractivity contribution in [3.63, 3.8) is 0 Å². The number of methoxy groups -OCH3 is 1. The summed E-state index contributed by atoms with van der Waals surface area (Å²) in [5.41, 5.74) is 0.304. The first-order valence-electron chi connectivity index (χ1n) is 8.12. The number of aliphatic hydroxyl groups is 1. The van der Waals surface area contributed by atoms with Crippen molar-refractivity contribution in [2.75, 3.05) is 13.7 Å². The summed E-state index contributed by atoms with van der Waals surface area (Å²) < 4.78 is 22.0. The van der Waals surface area contributed by atoms with E-state index in [4.69, 9.17) is 18.6 Å². The third-order valence-corrected chi connectivity index (χ3v) is 4.36. The number of aliphatic hydroxyl groups excluding tert-OH is 1. The van der Waals surface area contributed by atoms with Gasteiger partial charge in [-0.1, -0.05) is 0 Å². The van der Waals surface area contributed by atoms with Gasteiger partial charge in [-0.25, -0.2) is 4.79 Å². The summed E-state index contributed by atoms with van der Waals surface area (Å²) in [5, 5.41) is 30.1. The highest BCUT2D eigenvalue weighted by molar-refractivity contribution is 5.80. The Labute approximate surface area is 152 Å². The zero-order chi connectivity index (χ0) is 19.1. The van der Waals surface area contributed by atoms with Crippen LogP contribution in [0.1, 0.15) is 11.7 Å². The molecule has 1 aliphatic rings. The molecule has 3 aromatic rings. The highest BCUT2D eigenvalue weighted by atomic mass is 16.6. The lowest BCUT2D eigenvalue weighted by atomic mass is 10.0. The number of aromatic hydroxyl groups is 2. The highest BCUT2D eigenvalue weighted by Gasteiger charge is 2.34. The van der Waals surface area contributed by atoms with Gasteiger partial charge < -0.3 is 33.9 Å². The van der Waals surface area contributed by atoms with E-state index < -0.39 is 17.8 Å². The number of benzene rings is 2. The Morgan fingerprint density at radius 3 is 2.59 bits per heavy atom. The summed E-state index contributed by atoms with van der Waals surface area (Å²) in [5.74, 6) is 0.00624. The number of phenolic OH excluding ortho intramolecular Hbond substituents is 2. The van der Waals surface area contributed by atoms with Crippen LogP contribution in [-0.2, 0) is 0 Å². The molecule has 8 heteroatoms. The van der Waals surface area contributed by atoms with E-state index in [1.807, 2.05) is 0 Å². The molecule has 8 nitrogen and oxygen atoms in total. The third kappa shape index (κ3) is 2.89. The van der Waals surface area contributed by atoms with E-state index in [0.717, 1.165) is 0 Å². The number of phenols is 2. The van der Waals surface area contributed by atoms with E-state index in [-0.39, 0.29) is 23.9 Å². The monoisotopic (exact) mass is 372 g/mol. The Kier molecular flexibility index (Phi) is 4.04. The maximum Gasteiger partial charge on any atom is 0.336 e. The predicted molar refractivity (Wildman–Crippen MR) is 93.7 cm³/mol. The van der Waals surface area contributed by atoms with Gasteiger partial charge >= 0.3 is 5.63 Å². The largest absolute Gasteiger partial charge is 0.504 e. The molecular formula is C19H16O8. The fourth-order valence-electron chi connectivity index (χ4n) is 3.05. The Hall–Kier alpha value is -3.39.